The van der Waals surface area contributed by atoms with E-state index in [4.69, 9.17) is 21.2 Å². The van der Waals surface area contributed by atoms with Crippen molar-refractivity contribution in [3.05, 3.63) is 100 Å². The number of ether oxygens (including phenoxy) is 1. The summed E-state index contributed by atoms with van der Waals surface area (Å²) in [4.78, 5) is 20.4. The van der Waals surface area contributed by atoms with Gasteiger partial charge in [0.2, 0.25) is 0 Å². The molecule has 0 fully saturated rings. The molecule has 1 aliphatic heterocycles. The molecular weight excluding hydrogens is 431 g/mol. The van der Waals surface area contributed by atoms with E-state index in [1.165, 1.54) is 12.1 Å². The highest BCUT2D eigenvalue weighted by molar-refractivity contribution is 6.31. The van der Waals surface area contributed by atoms with Gasteiger partial charge in [0.25, 0.3) is 5.91 Å². The fourth-order valence-electron chi connectivity index (χ4n) is 3.58. The zero-order chi connectivity index (χ0) is 22.5. The van der Waals surface area contributed by atoms with Gasteiger partial charge in [-0.05, 0) is 53.6 Å². The van der Waals surface area contributed by atoms with Crippen LogP contribution in [-0.4, -0.2) is 36.3 Å². The largest absolute Gasteiger partial charge is 0.497 e. The first-order valence-electron chi connectivity index (χ1n) is 10.2. The lowest BCUT2D eigenvalue weighted by Crippen LogP contribution is -2.37. The standard InChI is InChI=1S/C25H22ClFN2O3/c1-31-19-12-10-17(11-13-19)24-14-20(32-28-24)16-29(15-18-6-2-4-8-22(18)26)25(30)21-7-3-5-9-23(21)27/h2-13,20H,14-16H2,1H3/t20-/m1/s1. The number of amides is 1. The number of benzene rings is 3. The van der Waals surface area contributed by atoms with E-state index >= 15 is 0 Å². The van der Waals surface area contributed by atoms with Crippen LogP contribution >= 0.6 is 11.6 Å². The molecule has 1 amide bonds. The van der Waals surface area contributed by atoms with Crippen LogP contribution in [0.2, 0.25) is 5.02 Å². The minimum atomic E-state index is -0.566. The van der Waals surface area contributed by atoms with Crippen molar-refractivity contribution in [2.24, 2.45) is 5.16 Å². The number of carbonyl (C=O) groups is 1. The molecule has 4 rings (SSSR count). The van der Waals surface area contributed by atoms with Crippen LogP contribution in [0.1, 0.15) is 27.9 Å². The van der Waals surface area contributed by atoms with Crippen LogP contribution in [0, 0.1) is 5.82 Å². The molecule has 1 heterocycles. The fourth-order valence-corrected chi connectivity index (χ4v) is 3.78. The molecule has 3 aromatic rings. The summed E-state index contributed by atoms with van der Waals surface area (Å²) in [5.74, 6) is -0.236. The van der Waals surface area contributed by atoms with E-state index in [1.54, 1.807) is 30.2 Å². The summed E-state index contributed by atoms with van der Waals surface area (Å²) in [6.07, 6.45) is 0.168. The molecule has 164 valence electrons. The normalized spacial score (nSPS) is 15.1. The minimum absolute atomic E-state index is 0.00819. The van der Waals surface area contributed by atoms with Crippen molar-refractivity contribution in [2.45, 2.75) is 19.1 Å². The molecule has 1 atom stereocenters. The average molecular weight is 453 g/mol. The lowest BCUT2D eigenvalue weighted by molar-refractivity contribution is 0.0402. The highest BCUT2D eigenvalue weighted by Gasteiger charge is 2.28. The predicted molar refractivity (Wildman–Crippen MR) is 122 cm³/mol. The Hall–Kier alpha value is -3.38. The highest BCUT2D eigenvalue weighted by Crippen LogP contribution is 2.23. The molecular formula is C25H22ClFN2O3. The van der Waals surface area contributed by atoms with E-state index in [2.05, 4.69) is 5.16 Å². The molecule has 0 saturated heterocycles. The van der Waals surface area contributed by atoms with Crippen LogP contribution < -0.4 is 4.74 Å². The number of methoxy groups -OCH3 is 1. The Labute approximate surface area is 191 Å². The molecule has 0 spiro atoms. The van der Waals surface area contributed by atoms with Crippen LogP contribution in [0.15, 0.2) is 78.0 Å². The summed E-state index contributed by atoms with van der Waals surface area (Å²) in [5.41, 5.74) is 2.49. The predicted octanol–water partition coefficient (Wildman–Crippen LogP) is 5.32. The maximum atomic E-state index is 14.3. The van der Waals surface area contributed by atoms with Gasteiger partial charge in [-0.3, -0.25) is 4.79 Å². The zero-order valence-electron chi connectivity index (χ0n) is 17.5. The summed E-state index contributed by atoms with van der Waals surface area (Å²) >= 11 is 6.32. The number of halogens is 2. The average Bonchev–Trinajstić information content (AvgIpc) is 3.28. The third kappa shape index (κ3) is 4.92. The molecule has 0 N–H and O–H groups in total. The maximum Gasteiger partial charge on any atom is 0.257 e. The molecule has 0 bridgehead atoms. The van der Waals surface area contributed by atoms with Crippen molar-refractivity contribution in [2.75, 3.05) is 13.7 Å². The van der Waals surface area contributed by atoms with Gasteiger partial charge in [0.05, 0.1) is 24.9 Å². The topological polar surface area (TPSA) is 51.1 Å². The van der Waals surface area contributed by atoms with Gasteiger partial charge in [0.1, 0.15) is 11.6 Å². The van der Waals surface area contributed by atoms with Crippen LogP contribution in [0.3, 0.4) is 0 Å². The quantitative estimate of drug-likeness (QED) is 0.487. The molecule has 0 aromatic heterocycles. The van der Waals surface area contributed by atoms with Gasteiger partial charge in [0.15, 0.2) is 6.10 Å². The van der Waals surface area contributed by atoms with Gasteiger partial charge in [-0.1, -0.05) is 47.1 Å². The second-order valence-electron chi connectivity index (χ2n) is 7.45. The Bertz CT molecular complexity index is 1130. The van der Waals surface area contributed by atoms with Crippen LogP contribution in [-0.2, 0) is 11.4 Å². The third-order valence-corrected chi connectivity index (χ3v) is 5.66. The summed E-state index contributed by atoms with van der Waals surface area (Å²) in [5, 5.41) is 4.75. The van der Waals surface area contributed by atoms with Crippen molar-refractivity contribution >= 4 is 23.2 Å². The molecule has 7 heteroatoms. The second-order valence-corrected chi connectivity index (χ2v) is 7.86. The summed E-state index contributed by atoms with van der Waals surface area (Å²) in [6, 6.07) is 20.8. The molecule has 0 unspecified atom stereocenters. The van der Waals surface area contributed by atoms with E-state index in [1.807, 2.05) is 42.5 Å². The Morgan fingerprint density at radius 1 is 1.12 bits per heavy atom. The molecule has 3 aromatic carbocycles. The van der Waals surface area contributed by atoms with Gasteiger partial charge < -0.3 is 14.5 Å². The third-order valence-electron chi connectivity index (χ3n) is 5.29. The summed E-state index contributed by atoms with van der Waals surface area (Å²) < 4.78 is 19.5. The van der Waals surface area contributed by atoms with E-state index in [-0.39, 0.29) is 24.8 Å². The molecule has 1 aliphatic rings. The van der Waals surface area contributed by atoms with Crippen molar-refractivity contribution in [3.8, 4) is 5.75 Å². The van der Waals surface area contributed by atoms with Crippen molar-refractivity contribution in [1.82, 2.24) is 4.90 Å². The maximum absolute atomic E-state index is 14.3. The smallest absolute Gasteiger partial charge is 0.257 e. The lowest BCUT2D eigenvalue weighted by atomic mass is 10.0. The van der Waals surface area contributed by atoms with Gasteiger partial charge in [-0.25, -0.2) is 4.39 Å². The molecule has 0 aliphatic carbocycles. The van der Waals surface area contributed by atoms with Crippen molar-refractivity contribution in [1.29, 1.82) is 0 Å². The summed E-state index contributed by atoms with van der Waals surface area (Å²) in [6.45, 7) is 0.464. The van der Waals surface area contributed by atoms with E-state index in [0.29, 0.717) is 11.4 Å². The number of hydrogen-bond acceptors (Lipinski definition) is 4. The van der Waals surface area contributed by atoms with Gasteiger partial charge in [0, 0.05) is 18.0 Å². The van der Waals surface area contributed by atoms with E-state index in [0.717, 1.165) is 22.6 Å². The van der Waals surface area contributed by atoms with E-state index < -0.39 is 11.7 Å². The Kier molecular flexibility index (Phi) is 6.71. The number of rotatable bonds is 7. The number of carbonyl (C=O) groups excluding carboxylic acids is 1. The minimum Gasteiger partial charge on any atom is -0.497 e. The van der Waals surface area contributed by atoms with Crippen molar-refractivity contribution < 1.29 is 18.8 Å². The second kappa shape index (κ2) is 9.83. The molecule has 32 heavy (non-hydrogen) atoms. The molecule has 0 radical (unpaired) electrons. The monoisotopic (exact) mass is 452 g/mol. The molecule has 5 nitrogen and oxygen atoms in total. The summed E-state index contributed by atoms with van der Waals surface area (Å²) in [7, 11) is 1.61. The Morgan fingerprint density at radius 2 is 1.84 bits per heavy atom. The zero-order valence-corrected chi connectivity index (χ0v) is 18.3. The first-order chi connectivity index (χ1) is 15.5. The Morgan fingerprint density at radius 3 is 2.56 bits per heavy atom. The van der Waals surface area contributed by atoms with Gasteiger partial charge >= 0.3 is 0 Å². The van der Waals surface area contributed by atoms with Crippen molar-refractivity contribution in [3.63, 3.8) is 0 Å². The van der Waals surface area contributed by atoms with E-state index in [9.17, 15) is 9.18 Å². The first-order valence-corrected chi connectivity index (χ1v) is 10.6. The lowest BCUT2D eigenvalue weighted by Gasteiger charge is -2.25. The SMILES string of the molecule is COc1ccc(C2=NO[C@@H](CN(Cc3ccccc3Cl)C(=O)c3ccccc3F)C2)cc1. The molecule has 0 saturated carbocycles. The van der Waals surface area contributed by atoms with Crippen LogP contribution in [0.4, 0.5) is 4.39 Å². The van der Waals surface area contributed by atoms with Crippen LogP contribution in [0.5, 0.6) is 5.75 Å². The fraction of sp³-hybridized carbons (Fsp3) is 0.200. The Balaban J connectivity index is 1.52. The number of oxime groups is 1. The first kappa shape index (κ1) is 21.8. The highest BCUT2D eigenvalue weighted by atomic mass is 35.5. The van der Waals surface area contributed by atoms with Gasteiger partial charge in [-0.15, -0.1) is 0 Å². The number of nitrogens with zero attached hydrogens (tertiary/aromatic N) is 2. The van der Waals surface area contributed by atoms with Crippen LogP contribution in [0.25, 0.3) is 0 Å². The van der Waals surface area contributed by atoms with Gasteiger partial charge in [-0.2, -0.15) is 0 Å². The number of hydrogen-bond donors (Lipinski definition) is 0.